The quantitative estimate of drug-likeness (QED) is 0.664. The number of nitrogens with one attached hydrogen (secondary N) is 2. The molecule has 0 saturated heterocycles. The van der Waals surface area contributed by atoms with Crippen molar-refractivity contribution < 1.29 is 23.1 Å². The Labute approximate surface area is 116 Å². The van der Waals surface area contributed by atoms with E-state index in [0.29, 0.717) is 11.8 Å². The molecule has 1 aromatic rings. The molecule has 1 amide bonds. The molecule has 0 saturated carbocycles. The number of carbonyl (C=O) groups is 2. The number of hydrogen-bond donors (Lipinski definition) is 3. The number of carboxylic acids is 1. The molecule has 0 aliphatic carbocycles. The third-order valence-electron chi connectivity index (χ3n) is 2.14. The molecule has 0 aliphatic rings. The second kappa shape index (κ2) is 6.83. The molecular weight excluding hydrogens is 284 g/mol. The van der Waals surface area contributed by atoms with E-state index in [9.17, 15) is 18.0 Å². The summed E-state index contributed by atoms with van der Waals surface area (Å²) in [6, 6.07) is 5.51. The largest absolute Gasteiger partial charge is 0.478 e. The van der Waals surface area contributed by atoms with E-state index in [2.05, 4.69) is 10.0 Å². The van der Waals surface area contributed by atoms with E-state index in [1.807, 2.05) is 0 Å². The van der Waals surface area contributed by atoms with Crippen molar-refractivity contribution in [3.05, 3.63) is 36.4 Å². The zero-order valence-electron chi connectivity index (χ0n) is 10.7. The summed E-state index contributed by atoms with van der Waals surface area (Å²) >= 11 is 0. The summed E-state index contributed by atoms with van der Waals surface area (Å²) in [5.41, 5.74) is 0.362. The van der Waals surface area contributed by atoms with Gasteiger partial charge in [-0.05, 0) is 24.3 Å². The van der Waals surface area contributed by atoms with Crippen LogP contribution >= 0.6 is 0 Å². The van der Waals surface area contributed by atoms with Crippen molar-refractivity contribution in [1.82, 2.24) is 4.72 Å². The summed E-state index contributed by atoms with van der Waals surface area (Å²) in [5, 5.41) is 10.8. The third-order valence-corrected chi connectivity index (χ3v) is 3.71. The lowest BCUT2D eigenvalue weighted by Gasteiger charge is -2.06. The monoisotopic (exact) mass is 298 g/mol. The van der Waals surface area contributed by atoms with Crippen molar-refractivity contribution in [2.75, 3.05) is 11.9 Å². The summed E-state index contributed by atoms with van der Waals surface area (Å²) < 4.78 is 25.7. The molecule has 0 aliphatic heterocycles. The normalized spacial score (nSPS) is 11.4. The molecule has 0 heterocycles. The van der Waals surface area contributed by atoms with Crippen LogP contribution in [0.25, 0.3) is 0 Å². The highest BCUT2D eigenvalue weighted by Crippen LogP contribution is 2.13. The van der Waals surface area contributed by atoms with Gasteiger partial charge in [0.2, 0.25) is 15.9 Å². The maximum Gasteiger partial charge on any atom is 0.328 e. The molecule has 108 valence electrons. The third kappa shape index (κ3) is 4.82. The highest BCUT2D eigenvalue weighted by molar-refractivity contribution is 7.89. The molecule has 8 heteroatoms. The van der Waals surface area contributed by atoms with Gasteiger partial charge >= 0.3 is 5.97 Å². The Morgan fingerprint density at radius 3 is 2.30 bits per heavy atom. The van der Waals surface area contributed by atoms with Crippen LogP contribution in [0.1, 0.15) is 6.92 Å². The van der Waals surface area contributed by atoms with Gasteiger partial charge in [0.15, 0.2) is 0 Å². The smallest absolute Gasteiger partial charge is 0.328 e. The molecule has 0 aromatic heterocycles. The highest BCUT2D eigenvalue weighted by atomic mass is 32.2. The minimum Gasteiger partial charge on any atom is -0.478 e. The van der Waals surface area contributed by atoms with Gasteiger partial charge in [-0.15, -0.1) is 0 Å². The van der Waals surface area contributed by atoms with Gasteiger partial charge in [-0.1, -0.05) is 6.92 Å². The van der Waals surface area contributed by atoms with E-state index >= 15 is 0 Å². The van der Waals surface area contributed by atoms with Crippen LogP contribution in [0.15, 0.2) is 41.3 Å². The second-order valence-electron chi connectivity index (χ2n) is 3.69. The molecule has 0 spiro atoms. The predicted octanol–water partition coefficient (Wildman–Crippen LogP) is 0.564. The van der Waals surface area contributed by atoms with Gasteiger partial charge in [0.05, 0.1) is 4.90 Å². The zero-order valence-corrected chi connectivity index (χ0v) is 11.5. The van der Waals surface area contributed by atoms with Gasteiger partial charge in [-0.3, -0.25) is 4.79 Å². The van der Waals surface area contributed by atoms with Crippen LogP contribution in [0.4, 0.5) is 5.69 Å². The van der Waals surface area contributed by atoms with Crippen LogP contribution in [0, 0.1) is 0 Å². The topological polar surface area (TPSA) is 113 Å². The molecule has 0 bridgehead atoms. The Morgan fingerprint density at radius 2 is 1.80 bits per heavy atom. The van der Waals surface area contributed by atoms with Crippen LogP contribution < -0.4 is 10.0 Å². The maximum absolute atomic E-state index is 11.7. The van der Waals surface area contributed by atoms with E-state index in [4.69, 9.17) is 5.11 Å². The molecule has 20 heavy (non-hydrogen) atoms. The lowest BCUT2D eigenvalue weighted by molar-refractivity contribution is -0.131. The highest BCUT2D eigenvalue weighted by Gasteiger charge is 2.11. The number of amides is 1. The van der Waals surface area contributed by atoms with Crippen molar-refractivity contribution in [3.8, 4) is 0 Å². The second-order valence-corrected chi connectivity index (χ2v) is 5.45. The number of carbonyl (C=O) groups excluding carboxylic acids is 1. The van der Waals surface area contributed by atoms with Crippen LogP contribution in [0.5, 0.6) is 0 Å². The summed E-state index contributed by atoms with van der Waals surface area (Å²) in [7, 11) is -3.53. The molecule has 1 aromatic carbocycles. The van der Waals surface area contributed by atoms with Crippen LogP contribution in [0.3, 0.4) is 0 Å². The fourth-order valence-corrected chi connectivity index (χ4v) is 2.36. The number of carboxylic acid groups (broad SMARTS) is 1. The van der Waals surface area contributed by atoms with Crippen molar-refractivity contribution in [2.45, 2.75) is 11.8 Å². The first kappa shape index (κ1) is 15.9. The molecule has 0 atom stereocenters. The predicted molar refractivity (Wildman–Crippen MR) is 72.7 cm³/mol. The van der Waals surface area contributed by atoms with Gasteiger partial charge in [0.25, 0.3) is 0 Å². The molecule has 0 unspecified atom stereocenters. The first-order valence-electron chi connectivity index (χ1n) is 5.67. The number of rotatable bonds is 6. The van der Waals surface area contributed by atoms with E-state index < -0.39 is 21.9 Å². The molecule has 3 N–H and O–H groups in total. The van der Waals surface area contributed by atoms with Gasteiger partial charge in [-0.25, -0.2) is 17.9 Å². The Hall–Kier alpha value is -2.19. The standard InChI is InChI=1S/C12H14N2O5S/c1-2-13-20(18,19)10-5-3-9(4-6-10)14-11(15)7-8-12(16)17/h3-8,13H,2H2,1H3,(H,14,15)(H,16,17)/b8-7+. The first-order valence-corrected chi connectivity index (χ1v) is 7.15. The maximum atomic E-state index is 11.7. The average Bonchev–Trinajstić information content (AvgIpc) is 2.37. The number of anilines is 1. The summed E-state index contributed by atoms with van der Waals surface area (Å²) in [6.45, 7) is 1.95. The number of sulfonamides is 1. The minimum atomic E-state index is -3.53. The van der Waals surface area contributed by atoms with Crippen molar-refractivity contribution in [3.63, 3.8) is 0 Å². The van der Waals surface area contributed by atoms with Gasteiger partial charge in [0.1, 0.15) is 0 Å². The molecule has 1 rings (SSSR count). The number of benzene rings is 1. The van der Waals surface area contributed by atoms with Gasteiger partial charge in [0, 0.05) is 24.4 Å². The molecule has 0 radical (unpaired) electrons. The first-order chi connectivity index (χ1) is 9.35. The Bertz CT molecular complexity index is 620. The van der Waals surface area contributed by atoms with Gasteiger partial charge in [-0.2, -0.15) is 0 Å². The molecular formula is C12H14N2O5S. The summed E-state index contributed by atoms with van der Waals surface area (Å²) in [6.07, 6.45) is 1.57. The van der Waals surface area contributed by atoms with E-state index in [1.165, 1.54) is 24.3 Å². The average molecular weight is 298 g/mol. The SMILES string of the molecule is CCNS(=O)(=O)c1ccc(NC(=O)/C=C/C(=O)O)cc1. The van der Waals surface area contributed by atoms with Crippen molar-refractivity contribution in [2.24, 2.45) is 0 Å². The fourth-order valence-electron chi connectivity index (χ4n) is 1.32. The summed E-state index contributed by atoms with van der Waals surface area (Å²) in [5.74, 6) is -1.85. The van der Waals surface area contributed by atoms with E-state index in [-0.39, 0.29) is 11.4 Å². The Kier molecular flexibility index (Phi) is 5.42. The minimum absolute atomic E-state index is 0.0819. The van der Waals surface area contributed by atoms with Gasteiger partial charge < -0.3 is 10.4 Å². The number of aliphatic carboxylic acids is 1. The van der Waals surface area contributed by atoms with Crippen molar-refractivity contribution >= 4 is 27.6 Å². The fraction of sp³-hybridized carbons (Fsp3) is 0.167. The molecule has 0 fully saturated rings. The zero-order chi connectivity index (χ0) is 15.2. The van der Waals surface area contributed by atoms with E-state index in [0.717, 1.165) is 6.08 Å². The number of hydrogen-bond acceptors (Lipinski definition) is 4. The summed E-state index contributed by atoms with van der Waals surface area (Å²) in [4.78, 5) is 21.6. The lowest BCUT2D eigenvalue weighted by atomic mass is 10.3. The lowest BCUT2D eigenvalue weighted by Crippen LogP contribution is -2.23. The van der Waals surface area contributed by atoms with E-state index in [1.54, 1.807) is 6.92 Å². The van der Waals surface area contributed by atoms with Crippen molar-refractivity contribution in [1.29, 1.82) is 0 Å². The van der Waals surface area contributed by atoms with Crippen LogP contribution in [0.2, 0.25) is 0 Å². The Balaban J connectivity index is 2.77. The van der Waals surface area contributed by atoms with Crippen LogP contribution in [-0.2, 0) is 19.6 Å². The van der Waals surface area contributed by atoms with Crippen LogP contribution in [-0.4, -0.2) is 31.9 Å². The molecule has 7 nitrogen and oxygen atoms in total. The Morgan fingerprint density at radius 1 is 1.20 bits per heavy atom.